The molecule has 0 aliphatic heterocycles. The van der Waals surface area contributed by atoms with E-state index in [0.29, 0.717) is 0 Å². The van der Waals surface area contributed by atoms with Crippen LogP contribution >= 0.6 is 15.9 Å². The summed E-state index contributed by atoms with van der Waals surface area (Å²) >= 11 is 3.41. The summed E-state index contributed by atoms with van der Waals surface area (Å²) in [6.07, 6.45) is 1.68. The van der Waals surface area contributed by atoms with Crippen LogP contribution in [0.25, 0.3) is 0 Å². The molecule has 4 nitrogen and oxygen atoms in total. The third-order valence-corrected chi connectivity index (χ3v) is 2.79. The fourth-order valence-corrected chi connectivity index (χ4v) is 1.49. The van der Waals surface area contributed by atoms with Crippen LogP contribution in [-0.4, -0.2) is 45.3 Å². The molecule has 1 heterocycles. The highest BCUT2D eigenvalue weighted by atomic mass is 79.9. The Morgan fingerprint density at radius 1 is 1.44 bits per heavy atom. The van der Waals surface area contributed by atoms with Gasteiger partial charge in [0.2, 0.25) is 0 Å². The molecule has 0 saturated heterocycles. The van der Waals surface area contributed by atoms with E-state index >= 15 is 0 Å². The zero-order valence-electron chi connectivity index (χ0n) is 9.83. The van der Waals surface area contributed by atoms with Crippen LogP contribution in [0.5, 0.6) is 0 Å². The number of hydrogen-bond donors (Lipinski definition) is 1. The molecule has 1 aromatic heterocycles. The standard InChI is InChI=1S/C11H19BrN2O2/c1-14(2)5-8-15-7-4-13-9-11-10(12)3-6-16-11/h3,6,13H,4-5,7-9H2,1-2H3. The Bertz CT molecular complexity index is 289. The van der Waals surface area contributed by atoms with E-state index < -0.39 is 0 Å². The van der Waals surface area contributed by atoms with E-state index in [1.807, 2.05) is 20.2 Å². The van der Waals surface area contributed by atoms with E-state index in [0.717, 1.165) is 43.1 Å². The van der Waals surface area contributed by atoms with Crippen molar-refractivity contribution in [1.82, 2.24) is 10.2 Å². The number of halogens is 1. The zero-order chi connectivity index (χ0) is 11.8. The summed E-state index contributed by atoms with van der Waals surface area (Å²) in [4.78, 5) is 2.10. The molecule has 0 aromatic carbocycles. The van der Waals surface area contributed by atoms with Crippen molar-refractivity contribution in [3.8, 4) is 0 Å². The lowest BCUT2D eigenvalue weighted by Crippen LogP contribution is -2.22. The number of nitrogens with one attached hydrogen (secondary N) is 1. The highest BCUT2D eigenvalue weighted by Crippen LogP contribution is 2.16. The first kappa shape index (κ1) is 13.7. The Balaban J connectivity index is 1.94. The summed E-state index contributed by atoms with van der Waals surface area (Å²) in [5.74, 6) is 0.924. The van der Waals surface area contributed by atoms with Gasteiger partial charge in [0.15, 0.2) is 0 Å². The highest BCUT2D eigenvalue weighted by molar-refractivity contribution is 9.10. The fraction of sp³-hybridized carbons (Fsp3) is 0.636. The molecule has 0 amide bonds. The van der Waals surface area contributed by atoms with Crippen LogP contribution in [0, 0.1) is 0 Å². The normalized spacial score (nSPS) is 11.2. The molecule has 0 aliphatic rings. The van der Waals surface area contributed by atoms with Gasteiger partial charge >= 0.3 is 0 Å². The third kappa shape index (κ3) is 5.65. The van der Waals surface area contributed by atoms with Crippen molar-refractivity contribution < 1.29 is 9.15 Å². The number of ether oxygens (including phenoxy) is 1. The molecule has 1 aromatic rings. The van der Waals surface area contributed by atoms with Crippen LogP contribution < -0.4 is 5.32 Å². The topological polar surface area (TPSA) is 37.6 Å². The quantitative estimate of drug-likeness (QED) is 0.740. The van der Waals surface area contributed by atoms with Gasteiger partial charge in [-0.25, -0.2) is 0 Å². The van der Waals surface area contributed by atoms with E-state index in [2.05, 4.69) is 26.1 Å². The number of rotatable bonds is 8. The summed E-state index contributed by atoms with van der Waals surface area (Å²) in [5.41, 5.74) is 0. The van der Waals surface area contributed by atoms with E-state index in [1.165, 1.54) is 0 Å². The summed E-state index contributed by atoms with van der Waals surface area (Å²) in [5, 5.41) is 3.25. The van der Waals surface area contributed by atoms with Gasteiger partial charge in [0.25, 0.3) is 0 Å². The molecule has 0 atom stereocenters. The van der Waals surface area contributed by atoms with Gasteiger partial charge < -0.3 is 19.4 Å². The number of furan rings is 1. The first-order valence-electron chi connectivity index (χ1n) is 5.35. The number of hydrogen-bond acceptors (Lipinski definition) is 4. The lowest BCUT2D eigenvalue weighted by atomic mass is 10.4. The predicted octanol–water partition coefficient (Wildman–Crippen LogP) is 1.71. The van der Waals surface area contributed by atoms with Crippen molar-refractivity contribution in [1.29, 1.82) is 0 Å². The minimum atomic E-state index is 0.727. The summed E-state index contributed by atoms with van der Waals surface area (Å²) in [7, 11) is 4.08. The highest BCUT2D eigenvalue weighted by Gasteiger charge is 2.01. The number of nitrogens with zero attached hydrogens (tertiary/aromatic N) is 1. The second kappa shape index (κ2) is 7.84. The Kier molecular flexibility index (Phi) is 6.71. The Labute approximate surface area is 105 Å². The molecule has 0 bridgehead atoms. The van der Waals surface area contributed by atoms with Gasteiger partial charge in [-0.15, -0.1) is 0 Å². The second-order valence-corrected chi connectivity index (χ2v) is 4.64. The van der Waals surface area contributed by atoms with Gasteiger partial charge in [-0.1, -0.05) is 0 Å². The van der Waals surface area contributed by atoms with E-state index in [1.54, 1.807) is 6.26 Å². The molecule has 1 rings (SSSR count). The third-order valence-electron chi connectivity index (χ3n) is 2.08. The van der Waals surface area contributed by atoms with Crippen LogP contribution in [0.1, 0.15) is 5.76 Å². The SMILES string of the molecule is CN(C)CCOCCNCc1occc1Br. The maximum absolute atomic E-state index is 5.45. The van der Waals surface area contributed by atoms with Gasteiger partial charge in [-0.3, -0.25) is 0 Å². The predicted molar refractivity (Wildman–Crippen MR) is 67.5 cm³/mol. The molecular weight excluding hydrogens is 272 g/mol. The fourth-order valence-electron chi connectivity index (χ4n) is 1.15. The van der Waals surface area contributed by atoms with Gasteiger partial charge in [0.05, 0.1) is 30.5 Å². The van der Waals surface area contributed by atoms with Crippen LogP contribution in [-0.2, 0) is 11.3 Å². The summed E-state index contributed by atoms with van der Waals surface area (Å²) in [6.45, 7) is 4.03. The molecule has 16 heavy (non-hydrogen) atoms. The molecule has 0 radical (unpaired) electrons. The summed E-state index contributed by atoms with van der Waals surface area (Å²) in [6, 6.07) is 1.89. The molecular formula is C11H19BrN2O2. The molecule has 0 fully saturated rings. The Hall–Kier alpha value is -0.360. The van der Waals surface area contributed by atoms with Gasteiger partial charge in [0.1, 0.15) is 5.76 Å². The Morgan fingerprint density at radius 2 is 2.25 bits per heavy atom. The lowest BCUT2D eigenvalue weighted by molar-refractivity contribution is 0.119. The molecule has 92 valence electrons. The molecule has 0 unspecified atom stereocenters. The first-order chi connectivity index (χ1) is 7.70. The van der Waals surface area contributed by atoms with Crippen molar-refractivity contribution in [3.63, 3.8) is 0 Å². The minimum absolute atomic E-state index is 0.727. The maximum Gasteiger partial charge on any atom is 0.131 e. The van der Waals surface area contributed by atoms with E-state index in [4.69, 9.17) is 9.15 Å². The van der Waals surface area contributed by atoms with Gasteiger partial charge in [-0.2, -0.15) is 0 Å². The average Bonchev–Trinajstić information content (AvgIpc) is 2.62. The largest absolute Gasteiger partial charge is 0.467 e. The lowest BCUT2D eigenvalue weighted by Gasteiger charge is -2.09. The smallest absolute Gasteiger partial charge is 0.131 e. The Morgan fingerprint density at radius 3 is 2.88 bits per heavy atom. The second-order valence-electron chi connectivity index (χ2n) is 3.78. The molecule has 0 spiro atoms. The van der Waals surface area contributed by atoms with Gasteiger partial charge in [0, 0.05) is 13.1 Å². The van der Waals surface area contributed by atoms with Crippen molar-refractivity contribution in [3.05, 3.63) is 22.6 Å². The maximum atomic E-state index is 5.45. The van der Waals surface area contributed by atoms with Crippen molar-refractivity contribution in [2.75, 3.05) is 40.4 Å². The molecule has 0 aliphatic carbocycles. The number of likely N-dealkylation sites (N-methyl/N-ethyl adjacent to an activating group) is 1. The van der Waals surface area contributed by atoms with Crippen LogP contribution in [0.4, 0.5) is 0 Å². The summed E-state index contributed by atoms with van der Waals surface area (Å²) < 4.78 is 11.7. The monoisotopic (exact) mass is 290 g/mol. The minimum Gasteiger partial charge on any atom is -0.467 e. The van der Waals surface area contributed by atoms with Crippen LogP contribution in [0.3, 0.4) is 0 Å². The first-order valence-corrected chi connectivity index (χ1v) is 6.14. The average molecular weight is 291 g/mol. The van der Waals surface area contributed by atoms with Gasteiger partial charge in [-0.05, 0) is 36.1 Å². The van der Waals surface area contributed by atoms with Crippen LogP contribution in [0.2, 0.25) is 0 Å². The van der Waals surface area contributed by atoms with E-state index in [9.17, 15) is 0 Å². The molecule has 0 saturated carbocycles. The van der Waals surface area contributed by atoms with E-state index in [-0.39, 0.29) is 0 Å². The van der Waals surface area contributed by atoms with Crippen molar-refractivity contribution in [2.45, 2.75) is 6.54 Å². The molecule has 5 heteroatoms. The van der Waals surface area contributed by atoms with Crippen molar-refractivity contribution >= 4 is 15.9 Å². The van der Waals surface area contributed by atoms with Crippen molar-refractivity contribution in [2.24, 2.45) is 0 Å². The zero-order valence-corrected chi connectivity index (χ0v) is 11.4. The van der Waals surface area contributed by atoms with Crippen LogP contribution in [0.15, 0.2) is 21.2 Å². The molecule has 1 N–H and O–H groups in total.